The van der Waals surface area contributed by atoms with Crippen molar-refractivity contribution < 1.29 is 17.2 Å². The molecule has 0 radical (unpaired) electrons. The van der Waals surface area contributed by atoms with E-state index in [-0.39, 0.29) is 6.54 Å². The molecule has 0 saturated heterocycles. The highest BCUT2D eigenvalue weighted by molar-refractivity contribution is 7.89. The molecule has 0 fully saturated rings. The lowest BCUT2D eigenvalue weighted by Crippen LogP contribution is -2.24. The van der Waals surface area contributed by atoms with E-state index in [0.717, 1.165) is 17.0 Å². The SMILES string of the molecule is O=S(=O)(NCc1cccnc1-c1cccs1)c1cc(F)cc(F)c1. The van der Waals surface area contributed by atoms with E-state index in [2.05, 4.69) is 9.71 Å². The fourth-order valence-electron chi connectivity index (χ4n) is 2.16. The molecule has 0 unspecified atom stereocenters. The Bertz CT molecular complexity index is 938. The van der Waals surface area contributed by atoms with Crippen LogP contribution in [0.15, 0.2) is 58.9 Å². The van der Waals surface area contributed by atoms with Gasteiger partial charge in [0, 0.05) is 18.8 Å². The van der Waals surface area contributed by atoms with Crippen molar-refractivity contribution in [3.8, 4) is 10.6 Å². The summed E-state index contributed by atoms with van der Waals surface area (Å²) in [6, 6.07) is 9.36. The summed E-state index contributed by atoms with van der Waals surface area (Å²) in [6.07, 6.45) is 1.62. The Balaban J connectivity index is 1.86. The average Bonchev–Trinajstić information content (AvgIpc) is 3.07. The Kier molecular flexibility index (Phi) is 4.70. The molecule has 0 aliphatic carbocycles. The molecule has 0 atom stereocenters. The van der Waals surface area contributed by atoms with E-state index in [1.54, 1.807) is 18.3 Å². The smallest absolute Gasteiger partial charge is 0.241 e. The number of aromatic nitrogens is 1. The molecule has 4 nitrogen and oxygen atoms in total. The summed E-state index contributed by atoms with van der Waals surface area (Å²) in [7, 11) is -4.04. The van der Waals surface area contributed by atoms with Gasteiger partial charge in [-0.05, 0) is 35.2 Å². The Hall–Kier alpha value is -2.16. The van der Waals surface area contributed by atoms with Crippen molar-refractivity contribution in [2.75, 3.05) is 0 Å². The Labute approximate surface area is 141 Å². The zero-order valence-corrected chi connectivity index (χ0v) is 13.9. The molecule has 0 bridgehead atoms. The number of hydrogen-bond acceptors (Lipinski definition) is 4. The first-order valence-electron chi connectivity index (χ1n) is 6.89. The first kappa shape index (κ1) is 16.7. The van der Waals surface area contributed by atoms with Gasteiger partial charge in [-0.1, -0.05) is 12.1 Å². The molecule has 2 aromatic heterocycles. The normalized spacial score (nSPS) is 11.6. The van der Waals surface area contributed by atoms with Crippen molar-refractivity contribution in [1.29, 1.82) is 0 Å². The largest absolute Gasteiger partial charge is 0.255 e. The van der Waals surface area contributed by atoms with Gasteiger partial charge in [-0.15, -0.1) is 11.3 Å². The molecule has 0 saturated carbocycles. The molecule has 1 N–H and O–H groups in total. The van der Waals surface area contributed by atoms with Gasteiger partial charge in [0.25, 0.3) is 0 Å². The van der Waals surface area contributed by atoms with Gasteiger partial charge in [0.1, 0.15) is 11.6 Å². The van der Waals surface area contributed by atoms with E-state index < -0.39 is 26.6 Å². The summed E-state index contributed by atoms with van der Waals surface area (Å²) in [4.78, 5) is 4.73. The van der Waals surface area contributed by atoms with E-state index in [4.69, 9.17) is 0 Å². The third-order valence-electron chi connectivity index (χ3n) is 3.24. The monoisotopic (exact) mass is 366 g/mol. The molecule has 0 amide bonds. The standard InChI is InChI=1S/C16H12F2N2O2S2/c17-12-7-13(18)9-14(8-12)24(21,22)20-10-11-3-1-5-19-16(11)15-4-2-6-23-15/h1-9,20H,10H2. The van der Waals surface area contributed by atoms with Crippen LogP contribution in [0.5, 0.6) is 0 Å². The van der Waals surface area contributed by atoms with Crippen LogP contribution in [0.3, 0.4) is 0 Å². The number of pyridine rings is 1. The number of sulfonamides is 1. The molecule has 0 spiro atoms. The second-order valence-electron chi connectivity index (χ2n) is 4.92. The summed E-state index contributed by atoms with van der Waals surface area (Å²) in [5.41, 5.74) is 1.33. The van der Waals surface area contributed by atoms with Crippen LogP contribution in [0.2, 0.25) is 0 Å². The maximum Gasteiger partial charge on any atom is 0.241 e. The number of hydrogen-bond donors (Lipinski definition) is 1. The van der Waals surface area contributed by atoms with Gasteiger partial charge in [-0.3, -0.25) is 4.98 Å². The van der Waals surface area contributed by atoms with Gasteiger partial charge in [-0.2, -0.15) is 0 Å². The predicted octanol–water partition coefficient (Wildman–Crippen LogP) is 3.57. The highest BCUT2D eigenvalue weighted by atomic mass is 32.2. The summed E-state index contributed by atoms with van der Waals surface area (Å²) < 4.78 is 53.3. The first-order valence-corrected chi connectivity index (χ1v) is 9.25. The molecule has 3 rings (SSSR count). The Morgan fingerprint density at radius 1 is 1.08 bits per heavy atom. The average molecular weight is 366 g/mol. The van der Waals surface area contributed by atoms with Gasteiger partial charge in [-0.25, -0.2) is 21.9 Å². The number of benzene rings is 1. The fourth-order valence-corrected chi connectivity index (χ4v) is 3.96. The molecule has 2 heterocycles. The second-order valence-corrected chi connectivity index (χ2v) is 7.63. The Morgan fingerprint density at radius 3 is 2.50 bits per heavy atom. The van der Waals surface area contributed by atoms with Gasteiger partial charge in [0.2, 0.25) is 10.0 Å². The van der Waals surface area contributed by atoms with Gasteiger partial charge >= 0.3 is 0 Å². The van der Waals surface area contributed by atoms with Crippen LogP contribution in [0.1, 0.15) is 5.56 Å². The van der Waals surface area contributed by atoms with Crippen molar-refractivity contribution in [2.24, 2.45) is 0 Å². The highest BCUT2D eigenvalue weighted by Crippen LogP contribution is 2.26. The topological polar surface area (TPSA) is 59.1 Å². The zero-order valence-electron chi connectivity index (χ0n) is 12.2. The lowest BCUT2D eigenvalue weighted by atomic mass is 10.2. The van der Waals surface area contributed by atoms with E-state index in [0.29, 0.717) is 17.3 Å². The minimum atomic E-state index is -4.04. The van der Waals surface area contributed by atoms with Crippen molar-refractivity contribution in [3.63, 3.8) is 0 Å². The van der Waals surface area contributed by atoms with Crippen molar-refractivity contribution in [2.45, 2.75) is 11.4 Å². The molecule has 0 aliphatic rings. The van der Waals surface area contributed by atoms with Crippen LogP contribution in [0.4, 0.5) is 8.78 Å². The van der Waals surface area contributed by atoms with Gasteiger partial charge < -0.3 is 0 Å². The fraction of sp³-hybridized carbons (Fsp3) is 0.0625. The Morgan fingerprint density at radius 2 is 1.83 bits per heavy atom. The van der Waals surface area contributed by atoms with E-state index in [9.17, 15) is 17.2 Å². The number of nitrogens with zero attached hydrogens (tertiary/aromatic N) is 1. The number of halogens is 2. The maximum absolute atomic E-state index is 13.2. The number of thiophene rings is 1. The molecule has 1 aromatic carbocycles. The molecule has 3 aromatic rings. The van der Waals surface area contributed by atoms with Crippen molar-refractivity contribution in [1.82, 2.24) is 9.71 Å². The number of nitrogens with one attached hydrogen (secondary N) is 1. The zero-order chi connectivity index (χ0) is 17.2. The summed E-state index contributed by atoms with van der Waals surface area (Å²) in [6.45, 7) is -0.0401. The maximum atomic E-state index is 13.2. The summed E-state index contributed by atoms with van der Waals surface area (Å²) >= 11 is 1.48. The van der Waals surface area contributed by atoms with E-state index >= 15 is 0 Å². The quantitative estimate of drug-likeness (QED) is 0.751. The minimum Gasteiger partial charge on any atom is -0.255 e. The van der Waals surface area contributed by atoms with Crippen LogP contribution < -0.4 is 4.72 Å². The number of rotatable bonds is 5. The van der Waals surface area contributed by atoms with E-state index in [1.807, 2.05) is 17.5 Å². The van der Waals surface area contributed by atoms with Crippen LogP contribution in [0.25, 0.3) is 10.6 Å². The molecular formula is C16H12F2N2O2S2. The summed E-state index contributed by atoms with van der Waals surface area (Å²) in [5, 5.41) is 1.90. The minimum absolute atomic E-state index is 0.0401. The molecular weight excluding hydrogens is 354 g/mol. The van der Waals surface area contributed by atoms with Crippen LogP contribution in [0, 0.1) is 11.6 Å². The lowest BCUT2D eigenvalue weighted by molar-refractivity contribution is 0.561. The van der Waals surface area contributed by atoms with Crippen molar-refractivity contribution in [3.05, 3.63) is 71.2 Å². The molecule has 0 aliphatic heterocycles. The van der Waals surface area contributed by atoms with E-state index in [1.165, 1.54) is 11.3 Å². The molecule has 124 valence electrons. The first-order chi connectivity index (χ1) is 11.5. The summed E-state index contributed by atoms with van der Waals surface area (Å²) in [5.74, 6) is -1.90. The van der Waals surface area contributed by atoms with Crippen LogP contribution in [-0.4, -0.2) is 13.4 Å². The molecule has 24 heavy (non-hydrogen) atoms. The highest BCUT2D eigenvalue weighted by Gasteiger charge is 2.17. The van der Waals surface area contributed by atoms with Crippen molar-refractivity contribution >= 4 is 21.4 Å². The van der Waals surface area contributed by atoms with Gasteiger partial charge in [0.15, 0.2) is 0 Å². The van der Waals surface area contributed by atoms with Crippen LogP contribution in [-0.2, 0) is 16.6 Å². The molecule has 8 heteroatoms. The lowest BCUT2D eigenvalue weighted by Gasteiger charge is -2.10. The third kappa shape index (κ3) is 3.66. The van der Waals surface area contributed by atoms with Gasteiger partial charge in [0.05, 0.1) is 15.5 Å². The second kappa shape index (κ2) is 6.76. The third-order valence-corrected chi connectivity index (χ3v) is 5.50. The van der Waals surface area contributed by atoms with Crippen LogP contribution >= 0.6 is 11.3 Å². The predicted molar refractivity (Wildman–Crippen MR) is 87.9 cm³/mol.